The third-order valence-electron chi connectivity index (χ3n) is 3.84. The highest BCUT2D eigenvalue weighted by molar-refractivity contribution is 7.89. The molecular formula is C17H20N4O5S. The molecule has 0 atom stereocenters. The van der Waals surface area contributed by atoms with Gasteiger partial charge in [-0.05, 0) is 30.7 Å². The molecule has 0 bridgehead atoms. The lowest BCUT2D eigenvalue weighted by molar-refractivity contribution is -0.385. The summed E-state index contributed by atoms with van der Waals surface area (Å²) in [5, 5.41) is 23.6. The molecule has 0 amide bonds. The number of rotatable bonds is 8. The molecule has 0 aliphatic carbocycles. The average Bonchev–Trinajstić information content (AvgIpc) is 2.62. The van der Waals surface area contributed by atoms with Gasteiger partial charge in [-0.3, -0.25) is 10.1 Å². The van der Waals surface area contributed by atoms with E-state index in [2.05, 4.69) is 5.10 Å². The fraction of sp³-hybridized carbons (Fsp3) is 0.235. The van der Waals surface area contributed by atoms with Gasteiger partial charge in [-0.2, -0.15) is 13.5 Å². The van der Waals surface area contributed by atoms with Crippen LogP contribution in [0.1, 0.15) is 11.1 Å². The zero-order valence-corrected chi connectivity index (χ0v) is 15.7. The van der Waals surface area contributed by atoms with Crippen molar-refractivity contribution < 1.29 is 18.4 Å². The summed E-state index contributed by atoms with van der Waals surface area (Å²) in [6.45, 7) is 2.07. The van der Waals surface area contributed by atoms with Gasteiger partial charge in [0.1, 0.15) is 0 Å². The molecule has 0 aliphatic heterocycles. The lowest BCUT2D eigenvalue weighted by Gasteiger charge is -2.17. The van der Waals surface area contributed by atoms with Crippen molar-refractivity contribution in [3.63, 3.8) is 0 Å². The summed E-state index contributed by atoms with van der Waals surface area (Å²) in [5.74, 6) is 0. The first-order valence-electron chi connectivity index (χ1n) is 7.96. The van der Waals surface area contributed by atoms with Crippen LogP contribution in [0.3, 0.4) is 0 Å². The van der Waals surface area contributed by atoms with Gasteiger partial charge < -0.3 is 10.0 Å². The third-order valence-corrected chi connectivity index (χ3v) is 5.06. The Labute approximate surface area is 157 Å². The summed E-state index contributed by atoms with van der Waals surface area (Å²) in [4.78, 5) is 14.0. The zero-order chi connectivity index (χ0) is 20.0. The van der Waals surface area contributed by atoms with Crippen LogP contribution >= 0.6 is 0 Å². The molecule has 0 spiro atoms. The van der Waals surface area contributed by atoms with Crippen molar-refractivity contribution in [2.24, 2.45) is 5.10 Å². The van der Waals surface area contributed by atoms with Crippen molar-refractivity contribution in [3.8, 4) is 0 Å². The van der Waals surface area contributed by atoms with E-state index in [9.17, 15) is 18.5 Å². The van der Waals surface area contributed by atoms with Gasteiger partial charge in [-0.1, -0.05) is 18.2 Å². The molecule has 2 aromatic rings. The van der Waals surface area contributed by atoms with Gasteiger partial charge in [0.05, 0.1) is 22.6 Å². The number of nitrogens with zero attached hydrogens (tertiary/aromatic N) is 3. The summed E-state index contributed by atoms with van der Waals surface area (Å²) in [6, 6.07) is 10.8. The number of aliphatic hydroxyl groups is 1. The maximum absolute atomic E-state index is 12.2. The van der Waals surface area contributed by atoms with Crippen LogP contribution in [-0.2, 0) is 10.0 Å². The fourth-order valence-electron chi connectivity index (χ4n) is 2.27. The van der Waals surface area contributed by atoms with E-state index >= 15 is 0 Å². The topological polar surface area (TPSA) is 125 Å². The molecule has 0 heterocycles. The molecule has 2 rings (SSSR count). The highest BCUT2D eigenvalue weighted by Crippen LogP contribution is 2.22. The predicted octanol–water partition coefficient (Wildman–Crippen LogP) is 1.64. The molecule has 0 radical (unpaired) electrons. The Kier molecular flexibility index (Phi) is 6.48. The van der Waals surface area contributed by atoms with Crippen LogP contribution in [-0.4, -0.2) is 44.9 Å². The van der Waals surface area contributed by atoms with E-state index in [4.69, 9.17) is 5.11 Å². The minimum absolute atomic E-state index is 0.0403. The lowest BCUT2D eigenvalue weighted by Crippen LogP contribution is -2.21. The number of hydrogen-bond donors (Lipinski definition) is 2. The largest absolute Gasteiger partial charge is 0.395 e. The summed E-state index contributed by atoms with van der Waals surface area (Å²) >= 11 is 0. The SMILES string of the molecule is Cc1ccc(S(=O)(=O)N/N=C\c2ccc(N(C)CCO)cc2)cc1[N+](=O)[O-]. The van der Waals surface area contributed by atoms with Crippen LogP contribution in [0, 0.1) is 17.0 Å². The van der Waals surface area contributed by atoms with Crippen molar-refractivity contribution in [3.05, 3.63) is 63.7 Å². The van der Waals surface area contributed by atoms with E-state index in [1.165, 1.54) is 25.3 Å². The van der Waals surface area contributed by atoms with Crippen LogP contribution in [0.15, 0.2) is 52.5 Å². The van der Waals surface area contributed by atoms with Crippen LogP contribution in [0.2, 0.25) is 0 Å². The first-order chi connectivity index (χ1) is 12.7. The van der Waals surface area contributed by atoms with E-state index in [1.807, 2.05) is 28.9 Å². The summed E-state index contributed by atoms with van der Waals surface area (Å²) in [7, 11) is -2.18. The van der Waals surface area contributed by atoms with Gasteiger partial charge in [0, 0.05) is 30.9 Å². The van der Waals surface area contributed by atoms with Crippen molar-refractivity contribution in [1.82, 2.24) is 4.83 Å². The standard InChI is InChI=1S/C17H20N4O5S/c1-13-3-8-16(11-17(13)21(23)24)27(25,26)19-18-12-14-4-6-15(7-5-14)20(2)9-10-22/h3-8,11-12,19,22H,9-10H2,1-2H3/b18-12-. The molecule has 27 heavy (non-hydrogen) atoms. The van der Waals surface area contributed by atoms with E-state index < -0.39 is 14.9 Å². The number of nitro benzene ring substituents is 1. The maximum Gasteiger partial charge on any atom is 0.276 e. The molecule has 0 saturated carbocycles. The van der Waals surface area contributed by atoms with Crippen molar-refractivity contribution in [1.29, 1.82) is 0 Å². The normalized spacial score (nSPS) is 11.5. The average molecular weight is 392 g/mol. The molecule has 10 heteroatoms. The lowest BCUT2D eigenvalue weighted by atomic mass is 10.2. The van der Waals surface area contributed by atoms with Crippen molar-refractivity contribution in [2.45, 2.75) is 11.8 Å². The summed E-state index contributed by atoms with van der Waals surface area (Å²) < 4.78 is 24.5. The Balaban J connectivity index is 2.11. The number of aliphatic hydroxyl groups excluding tert-OH is 1. The molecule has 9 nitrogen and oxygen atoms in total. The molecular weight excluding hydrogens is 372 g/mol. The van der Waals surface area contributed by atoms with E-state index in [1.54, 1.807) is 12.1 Å². The fourth-order valence-corrected chi connectivity index (χ4v) is 3.08. The molecule has 0 unspecified atom stereocenters. The zero-order valence-electron chi connectivity index (χ0n) is 14.9. The van der Waals surface area contributed by atoms with Gasteiger partial charge in [0.25, 0.3) is 15.7 Å². The van der Waals surface area contributed by atoms with Crippen LogP contribution < -0.4 is 9.73 Å². The molecule has 0 aromatic heterocycles. The minimum Gasteiger partial charge on any atom is -0.395 e. The monoisotopic (exact) mass is 392 g/mol. The van der Waals surface area contributed by atoms with Crippen LogP contribution in [0.4, 0.5) is 11.4 Å². The molecule has 144 valence electrons. The Morgan fingerprint density at radius 1 is 1.26 bits per heavy atom. The van der Waals surface area contributed by atoms with Gasteiger partial charge in [-0.25, -0.2) is 4.83 Å². The van der Waals surface area contributed by atoms with Gasteiger partial charge >= 0.3 is 0 Å². The number of benzene rings is 2. The van der Waals surface area contributed by atoms with Gasteiger partial charge in [0.2, 0.25) is 0 Å². The first kappa shape index (κ1) is 20.3. The minimum atomic E-state index is -4.02. The summed E-state index contributed by atoms with van der Waals surface area (Å²) in [6.07, 6.45) is 1.33. The molecule has 0 fully saturated rings. The second kappa shape index (κ2) is 8.60. The first-order valence-corrected chi connectivity index (χ1v) is 9.45. The number of likely N-dealkylation sites (N-methyl/N-ethyl adjacent to an activating group) is 1. The number of nitrogens with one attached hydrogen (secondary N) is 1. The van der Waals surface area contributed by atoms with E-state index in [0.29, 0.717) is 17.7 Å². The third kappa shape index (κ3) is 5.25. The second-order valence-electron chi connectivity index (χ2n) is 5.80. The Morgan fingerprint density at radius 2 is 1.93 bits per heavy atom. The van der Waals surface area contributed by atoms with E-state index in [0.717, 1.165) is 11.8 Å². The number of hydrazone groups is 1. The number of anilines is 1. The predicted molar refractivity (Wildman–Crippen MR) is 103 cm³/mol. The Hall–Kier alpha value is -2.98. The second-order valence-corrected chi connectivity index (χ2v) is 7.46. The molecule has 2 aromatic carbocycles. The van der Waals surface area contributed by atoms with Crippen LogP contribution in [0.5, 0.6) is 0 Å². The van der Waals surface area contributed by atoms with Gasteiger partial charge in [0.15, 0.2) is 0 Å². The molecule has 0 saturated heterocycles. The van der Waals surface area contributed by atoms with Crippen molar-refractivity contribution >= 4 is 27.6 Å². The highest BCUT2D eigenvalue weighted by atomic mass is 32.2. The smallest absolute Gasteiger partial charge is 0.276 e. The number of sulfonamides is 1. The maximum atomic E-state index is 12.2. The molecule has 2 N–H and O–H groups in total. The van der Waals surface area contributed by atoms with Gasteiger partial charge in [-0.15, -0.1) is 0 Å². The number of aryl methyl sites for hydroxylation is 1. The van der Waals surface area contributed by atoms with Crippen molar-refractivity contribution in [2.75, 3.05) is 25.1 Å². The Morgan fingerprint density at radius 3 is 2.52 bits per heavy atom. The Bertz CT molecular complexity index is 942. The van der Waals surface area contributed by atoms with Crippen LogP contribution in [0.25, 0.3) is 0 Å². The number of hydrogen-bond acceptors (Lipinski definition) is 7. The summed E-state index contributed by atoms with van der Waals surface area (Å²) in [5.41, 5.74) is 1.65. The van der Waals surface area contributed by atoms with E-state index in [-0.39, 0.29) is 17.2 Å². The quantitative estimate of drug-likeness (QED) is 0.400. The highest BCUT2D eigenvalue weighted by Gasteiger charge is 2.19. The molecule has 0 aliphatic rings. The number of nitro groups is 1.